The van der Waals surface area contributed by atoms with Crippen LogP contribution in [0.1, 0.15) is 72.6 Å². The van der Waals surface area contributed by atoms with Gasteiger partial charge in [-0.3, -0.25) is 14.4 Å². The molecule has 0 aliphatic heterocycles. The molecule has 0 saturated carbocycles. The van der Waals surface area contributed by atoms with Gasteiger partial charge in [0.05, 0.1) is 36.1 Å². The van der Waals surface area contributed by atoms with E-state index in [2.05, 4.69) is 20.6 Å². The van der Waals surface area contributed by atoms with Crippen molar-refractivity contribution in [3.05, 3.63) is 54.1 Å². The Morgan fingerprint density at radius 3 is 2.16 bits per heavy atom. The van der Waals surface area contributed by atoms with Gasteiger partial charge in [-0.2, -0.15) is 0 Å². The van der Waals surface area contributed by atoms with Crippen molar-refractivity contribution in [3.63, 3.8) is 0 Å². The van der Waals surface area contributed by atoms with Crippen molar-refractivity contribution in [3.8, 4) is 0 Å². The van der Waals surface area contributed by atoms with Crippen LogP contribution in [-0.4, -0.2) is 97.3 Å². The van der Waals surface area contributed by atoms with Gasteiger partial charge in [-0.1, -0.05) is 64.4 Å². The highest BCUT2D eigenvalue weighted by atomic mass is 16.6. The molecule has 0 aliphatic rings. The summed E-state index contributed by atoms with van der Waals surface area (Å²) < 4.78 is 5.65. The summed E-state index contributed by atoms with van der Waals surface area (Å²) in [6.45, 7) is 11.4. The van der Waals surface area contributed by atoms with Gasteiger partial charge in [0.25, 0.3) is 5.91 Å². The molecule has 1 aromatic carbocycles. The normalized spacial score (nSPS) is 15.9. The van der Waals surface area contributed by atoms with Gasteiger partial charge in [0, 0.05) is 19.2 Å². The molecule has 0 spiro atoms. The van der Waals surface area contributed by atoms with Gasteiger partial charge in [0.15, 0.2) is 0 Å². The smallest absolute Gasteiger partial charge is 0.417 e. The first kappa shape index (κ1) is 41.8. The molecule has 3 unspecified atom stereocenters. The summed E-state index contributed by atoms with van der Waals surface area (Å²) in [5, 5.41) is 26.8. The third-order valence-corrected chi connectivity index (χ3v) is 8.26. The van der Waals surface area contributed by atoms with Gasteiger partial charge in [-0.25, -0.2) is 19.5 Å². The van der Waals surface area contributed by atoms with Gasteiger partial charge in [-0.15, -0.1) is 0 Å². The number of aliphatic hydroxyl groups excluding tert-OH is 1. The van der Waals surface area contributed by atoms with E-state index in [1.54, 1.807) is 48.5 Å². The monoisotopic (exact) mass is 701 g/mol. The number of nitrogens with one attached hydrogen (secondary N) is 3. The first-order valence-corrected chi connectivity index (χ1v) is 16.9. The molecule has 0 radical (unpaired) electrons. The third kappa shape index (κ3) is 12.5. The number of aromatic amines is 1. The maximum absolute atomic E-state index is 14.6. The largest absolute Gasteiger partial charge is 0.480 e. The number of nitrogens with zero attached hydrogens (tertiary/aromatic N) is 2. The predicted molar refractivity (Wildman–Crippen MR) is 186 cm³/mol. The van der Waals surface area contributed by atoms with Crippen LogP contribution in [0.2, 0.25) is 0 Å². The number of hydrogen-bond donors (Lipinski definition) is 7. The number of nitrogens with two attached hydrogens (primary N) is 2. The summed E-state index contributed by atoms with van der Waals surface area (Å²) in [5.41, 5.74) is 12.4. The van der Waals surface area contributed by atoms with Crippen LogP contribution >= 0.6 is 0 Å². The Kier molecular flexibility index (Phi) is 16.0. The van der Waals surface area contributed by atoms with Gasteiger partial charge >= 0.3 is 12.1 Å². The zero-order valence-corrected chi connectivity index (χ0v) is 30.1. The van der Waals surface area contributed by atoms with Crippen molar-refractivity contribution < 1.29 is 38.9 Å². The number of rotatable bonds is 18. The first-order valence-electron chi connectivity index (χ1n) is 16.9. The minimum atomic E-state index is -1.76. The summed E-state index contributed by atoms with van der Waals surface area (Å²) in [6.07, 6.45) is 0.495. The number of carboxylic acid groups (broad SMARTS) is 1. The van der Waals surface area contributed by atoms with Crippen LogP contribution in [0.15, 0.2) is 42.9 Å². The van der Waals surface area contributed by atoms with E-state index in [4.69, 9.17) is 16.2 Å². The second kappa shape index (κ2) is 19.2. The zero-order valence-electron chi connectivity index (χ0n) is 30.1. The number of H-pyrrole nitrogens is 1. The van der Waals surface area contributed by atoms with Crippen LogP contribution in [0.3, 0.4) is 0 Å². The molecule has 0 bridgehead atoms. The fourth-order valence-corrected chi connectivity index (χ4v) is 5.41. The molecule has 1 aromatic heterocycles. The molecule has 0 fully saturated rings. The third-order valence-electron chi connectivity index (χ3n) is 8.26. The second-order valence-corrected chi connectivity index (χ2v) is 14.1. The Morgan fingerprint density at radius 1 is 1.02 bits per heavy atom. The lowest BCUT2D eigenvalue weighted by Gasteiger charge is -2.39. The quantitative estimate of drug-likeness (QED) is 0.118. The summed E-state index contributed by atoms with van der Waals surface area (Å²) in [7, 11) is 0. The zero-order chi connectivity index (χ0) is 37.8. The van der Waals surface area contributed by atoms with Gasteiger partial charge in [0.2, 0.25) is 11.8 Å². The number of carbonyl (C=O) groups is 5. The Morgan fingerprint density at radius 2 is 1.66 bits per heavy atom. The van der Waals surface area contributed by atoms with Gasteiger partial charge in [0.1, 0.15) is 17.7 Å². The summed E-state index contributed by atoms with van der Waals surface area (Å²) >= 11 is 0. The van der Waals surface area contributed by atoms with Crippen molar-refractivity contribution in [2.45, 2.75) is 110 Å². The van der Waals surface area contributed by atoms with Crippen LogP contribution in [0, 0.1) is 17.8 Å². The fourth-order valence-electron chi connectivity index (χ4n) is 5.41. The molecule has 15 nitrogen and oxygen atoms in total. The van der Waals surface area contributed by atoms with Crippen molar-refractivity contribution >= 4 is 29.8 Å². The molecule has 50 heavy (non-hydrogen) atoms. The van der Waals surface area contributed by atoms with Crippen LogP contribution in [-0.2, 0) is 36.8 Å². The molecule has 9 N–H and O–H groups in total. The van der Waals surface area contributed by atoms with E-state index >= 15 is 0 Å². The SMILES string of the molecule is CC[C@H](C)[C@H](NC(=O)C(CN)C(O)C(CC(C)C)N(C(=O)OC(C)(C)C)C(=O)[C@H](Cc1c[nH]cn1)NC(=O)[C@@H](N)Cc1ccccc1)C(=O)O. The second-order valence-electron chi connectivity index (χ2n) is 14.1. The highest BCUT2D eigenvalue weighted by molar-refractivity contribution is 5.98. The summed E-state index contributed by atoms with van der Waals surface area (Å²) in [6, 6.07) is 3.95. The summed E-state index contributed by atoms with van der Waals surface area (Å²) in [4.78, 5) is 75.3. The van der Waals surface area contributed by atoms with Crippen LogP contribution in [0.4, 0.5) is 4.79 Å². The number of hydrogen-bond acceptors (Lipinski definition) is 10. The van der Waals surface area contributed by atoms with E-state index in [9.17, 15) is 34.2 Å². The highest BCUT2D eigenvalue weighted by Crippen LogP contribution is 2.25. The van der Waals surface area contributed by atoms with Crippen molar-refractivity contribution in [2.75, 3.05) is 6.54 Å². The van der Waals surface area contributed by atoms with Crippen molar-refractivity contribution in [2.24, 2.45) is 29.2 Å². The molecule has 278 valence electrons. The number of carboxylic acids is 1. The predicted octanol–water partition coefficient (Wildman–Crippen LogP) is 1.74. The maximum Gasteiger partial charge on any atom is 0.417 e. The Bertz CT molecular complexity index is 1400. The lowest BCUT2D eigenvalue weighted by atomic mass is 9.87. The van der Waals surface area contributed by atoms with Gasteiger partial charge < -0.3 is 42.0 Å². The molecule has 15 heteroatoms. The molecule has 7 atom stereocenters. The number of imidazole rings is 1. The number of imide groups is 1. The van der Waals surface area contributed by atoms with Crippen LogP contribution < -0.4 is 22.1 Å². The van der Waals surface area contributed by atoms with E-state index < -0.39 is 84.0 Å². The van der Waals surface area contributed by atoms with E-state index in [0.29, 0.717) is 12.1 Å². The molecule has 0 aliphatic carbocycles. The summed E-state index contributed by atoms with van der Waals surface area (Å²) in [5.74, 6) is -5.84. The first-order chi connectivity index (χ1) is 23.4. The van der Waals surface area contributed by atoms with Gasteiger partial charge in [-0.05, 0) is 51.0 Å². The lowest BCUT2D eigenvalue weighted by Crippen LogP contribution is -2.62. The molecule has 0 saturated heterocycles. The van der Waals surface area contributed by atoms with E-state index in [-0.39, 0.29) is 25.2 Å². The number of aliphatic carboxylic acids is 1. The number of carbonyl (C=O) groups excluding carboxylic acids is 4. The number of benzene rings is 1. The van der Waals surface area contributed by atoms with E-state index in [1.165, 1.54) is 12.5 Å². The number of ether oxygens (including phenoxy) is 1. The number of aromatic nitrogens is 2. The molecule has 1 heterocycles. The minimum Gasteiger partial charge on any atom is -0.480 e. The molecular formula is C35H55N7O8. The van der Waals surface area contributed by atoms with Crippen LogP contribution in [0.25, 0.3) is 0 Å². The molecule has 2 rings (SSSR count). The van der Waals surface area contributed by atoms with E-state index in [1.807, 2.05) is 30.3 Å². The average Bonchev–Trinajstić information content (AvgIpc) is 3.55. The highest BCUT2D eigenvalue weighted by Gasteiger charge is 2.45. The topological polar surface area (TPSA) is 243 Å². The lowest BCUT2D eigenvalue weighted by molar-refractivity contribution is -0.146. The Balaban J connectivity index is 2.60. The van der Waals surface area contributed by atoms with Crippen molar-refractivity contribution in [1.82, 2.24) is 25.5 Å². The van der Waals surface area contributed by atoms with Crippen molar-refractivity contribution in [1.29, 1.82) is 0 Å². The van der Waals surface area contributed by atoms with Crippen LogP contribution in [0.5, 0.6) is 0 Å². The minimum absolute atomic E-state index is 0.000242. The number of aliphatic hydroxyl groups is 1. The standard InChI is InChI=1S/C35H55N7O8/c1-8-21(4)28(33(47)48)41-30(44)24(17-36)29(43)27(14-20(2)3)42(34(49)50-35(5,6)7)32(46)26(16-23-18-38-19-39-23)40-31(45)25(37)15-22-12-10-9-11-13-22/h9-13,18-21,24-29,43H,8,14-17,36-37H2,1-7H3,(H,38,39)(H,40,45)(H,41,44)(H,47,48)/t21-,24?,25-,26-,27?,28-,29?/m0/s1. The van der Waals surface area contributed by atoms with E-state index in [0.717, 1.165) is 10.5 Å². The molecule has 4 amide bonds. The Labute approximate surface area is 293 Å². The maximum atomic E-state index is 14.6. The number of amides is 4. The fraction of sp³-hybridized carbons (Fsp3) is 0.600. The Hall–Kier alpha value is -4.34. The average molecular weight is 702 g/mol. The molecular weight excluding hydrogens is 646 g/mol. The molecule has 2 aromatic rings.